The largest absolute Gasteiger partial charge is 0.504 e. The van der Waals surface area contributed by atoms with Crippen molar-refractivity contribution in [2.45, 2.75) is 6.10 Å². The number of carbonyl (C=O) groups excluding carboxylic acids is 1. The standard InChI is InChI=1S/C8H11NO4.ClH/c9-3-6(11)4-1-2-5(10)8(13)7(4)12;/h1-2,4,6,10-11,13H,3,9H2;1H/t4?,6-;/m1./s1. The van der Waals surface area contributed by atoms with E-state index in [-0.39, 0.29) is 19.0 Å². The molecule has 0 aromatic heterocycles. The van der Waals surface area contributed by atoms with Crippen LogP contribution in [-0.4, -0.2) is 33.8 Å². The monoisotopic (exact) mass is 221 g/mol. The number of carbonyl (C=O) groups is 1. The number of aliphatic hydroxyl groups excluding tert-OH is 3. The second-order valence-corrected chi connectivity index (χ2v) is 2.79. The van der Waals surface area contributed by atoms with Crippen LogP contribution in [0.3, 0.4) is 0 Å². The SMILES string of the molecule is Cl.NC[C@@H](O)C1C=CC(O)=C(O)C1=O. The summed E-state index contributed by atoms with van der Waals surface area (Å²) in [5.41, 5.74) is 5.15. The Bertz CT molecular complexity index is 287. The van der Waals surface area contributed by atoms with Crippen molar-refractivity contribution in [2.24, 2.45) is 11.7 Å². The van der Waals surface area contributed by atoms with Crippen molar-refractivity contribution in [1.82, 2.24) is 0 Å². The summed E-state index contributed by atoms with van der Waals surface area (Å²) in [6.07, 6.45) is 1.45. The third-order valence-electron chi connectivity index (χ3n) is 1.90. The Hall–Kier alpha value is -1.04. The first kappa shape index (κ1) is 13.0. The molecular formula is C8H12ClNO4. The van der Waals surface area contributed by atoms with Crippen molar-refractivity contribution in [3.8, 4) is 0 Å². The van der Waals surface area contributed by atoms with Gasteiger partial charge < -0.3 is 21.1 Å². The molecule has 1 unspecified atom stereocenters. The van der Waals surface area contributed by atoms with Crippen molar-refractivity contribution in [3.05, 3.63) is 23.7 Å². The molecule has 1 rings (SSSR count). The minimum atomic E-state index is -1.03. The fraction of sp³-hybridized carbons (Fsp3) is 0.375. The lowest BCUT2D eigenvalue weighted by Crippen LogP contribution is -2.35. The maximum absolute atomic E-state index is 11.2. The quantitative estimate of drug-likeness (QED) is 0.518. The predicted octanol–water partition coefficient (Wildman–Crippen LogP) is -0.190. The minimum absolute atomic E-state index is 0. The Labute approximate surface area is 86.9 Å². The van der Waals surface area contributed by atoms with Gasteiger partial charge in [-0.1, -0.05) is 6.08 Å². The molecule has 0 amide bonds. The van der Waals surface area contributed by atoms with Crippen LogP contribution in [0.15, 0.2) is 23.7 Å². The first-order valence-corrected chi connectivity index (χ1v) is 3.80. The molecule has 5 N–H and O–H groups in total. The first-order valence-electron chi connectivity index (χ1n) is 3.80. The molecule has 0 heterocycles. The summed E-state index contributed by atoms with van der Waals surface area (Å²) in [6, 6.07) is 0. The summed E-state index contributed by atoms with van der Waals surface area (Å²) in [7, 11) is 0. The average Bonchev–Trinajstić information content (AvgIpc) is 2.13. The molecule has 5 nitrogen and oxygen atoms in total. The van der Waals surface area contributed by atoms with Crippen LogP contribution in [0, 0.1) is 5.92 Å². The van der Waals surface area contributed by atoms with Gasteiger partial charge in [-0.15, -0.1) is 12.4 Å². The highest BCUT2D eigenvalue weighted by Gasteiger charge is 2.30. The van der Waals surface area contributed by atoms with Crippen molar-refractivity contribution >= 4 is 18.2 Å². The number of ketones is 1. The zero-order valence-electron chi connectivity index (χ0n) is 7.25. The highest BCUT2D eigenvalue weighted by Crippen LogP contribution is 2.19. The van der Waals surface area contributed by atoms with E-state index in [1.54, 1.807) is 0 Å². The molecule has 0 bridgehead atoms. The summed E-state index contributed by atoms with van der Waals surface area (Å²) < 4.78 is 0. The highest BCUT2D eigenvalue weighted by atomic mass is 35.5. The molecule has 0 spiro atoms. The number of allylic oxidation sites excluding steroid dienone is 2. The van der Waals surface area contributed by atoms with Gasteiger partial charge in [-0.2, -0.15) is 0 Å². The number of hydrogen-bond acceptors (Lipinski definition) is 5. The van der Waals surface area contributed by atoms with E-state index >= 15 is 0 Å². The van der Waals surface area contributed by atoms with Gasteiger partial charge in [0.15, 0.2) is 5.76 Å². The lowest BCUT2D eigenvalue weighted by atomic mass is 9.92. The summed E-state index contributed by atoms with van der Waals surface area (Å²) in [5, 5.41) is 27.2. The van der Waals surface area contributed by atoms with Crippen LogP contribution in [0.4, 0.5) is 0 Å². The molecule has 0 saturated carbocycles. The van der Waals surface area contributed by atoms with Crippen LogP contribution in [0.25, 0.3) is 0 Å². The lowest BCUT2D eigenvalue weighted by Gasteiger charge is -2.19. The van der Waals surface area contributed by atoms with E-state index in [4.69, 9.17) is 15.9 Å². The Morgan fingerprint density at radius 2 is 2.07 bits per heavy atom. The molecule has 0 aliphatic heterocycles. The van der Waals surface area contributed by atoms with Gasteiger partial charge in [0.05, 0.1) is 12.0 Å². The molecule has 14 heavy (non-hydrogen) atoms. The minimum Gasteiger partial charge on any atom is -0.504 e. The third kappa shape index (κ3) is 2.25. The summed E-state index contributed by atoms with van der Waals surface area (Å²) >= 11 is 0. The van der Waals surface area contributed by atoms with Crippen LogP contribution in [0.5, 0.6) is 0 Å². The molecule has 80 valence electrons. The molecule has 1 aliphatic carbocycles. The van der Waals surface area contributed by atoms with Crippen molar-refractivity contribution in [2.75, 3.05) is 6.54 Å². The van der Waals surface area contributed by atoms with Crippen LogP contribution in [0.2, 0.25) is 0 Å². The zero-order valence-corrected chi connectivity index (χ0v) is 8.07. The molecule has 0 aromatic carbocycles. The van der Waals surface area contributed by atoms with E-state index in [1.165, 1.54) is 12.2 Å². The fourth-order valence-corrected chi connectivity index (χ4v) is 1.09. The maximum atomic E-state index is 11.2. The Morgan fingerprint density at radius 3 is 2.57 bits per heavy atom. The van der Waals surface area contributed by atoms with Crippen LogP contribution in [0.1, 0.15) is 0 Å². The second kappa shape index (κ2) is 4.99. The first-order chi connectivity index (χ1) is 6.07. The van der Waals surface area contributed by atoms with Gasteiger partial charge in [0.1, 0.15) is 0 Å². The Kier molecular flexibility index (Phi) is 4.62. The molecule has 1 aliphatic rings. The van der Waals surface area contributed by atoms with Crippen molar-refractivity contribution in [1.29, 1.82) is 0 Å². The van der Waals surface area contributed by atoms with Gasteiger partial charge in [-0.05, 0) is 6.08 Å². The fourth-order valence-electron chi connectivity index (χ4n) is 1.09. The normalized spacial score (nSPS) is 23.3. The van der Waals surface area contributed by atoms with E-state index in [0.29, 0.717) is 0 Å². The predicted molar refractivity (Wildman–Crippen MR) is 52.2 cm³/mol. The topological polar surface area (TPSA) is 104 Å². The van der Waals surface area contributed by atoms with E-state index < -0.39 is 29.3 Å². The lowest BCUT2D eigenvalue weighted by molar-refractivity contribution is -0.123. The number of hydrogen-bond donors (Lipinski definition) is 4. The van der Waals surface area contributed by atoms with Gasteiger partial charge in [0.2, 0.25) is 11.5 Å². The van der Waals surface area contributed by atoms with Crippen LogP contribution in [-0.2, 0) is 4.79 Å². The van der Waals surface area contributed by atoms with Crippen LogP contribution >= 0.6 is 12.4 Å². The Morgan fingerprint density at radius 1 is 1.50 bits per heavy atom. The van der Waals surface area contributed by atoms with Crippen molar-refractivity contribution < 1.29 is 20.1 Å². The smallest absolute Gasteiger partial charge is 0.210 e. The molecule has 0 aromatic rings. The van der Waals surface area contributed by atoms with Gasteiger partial charge in [-0.25, -0.2) is 0 Å². The van der Waals surface area contributed by atoms with Gasteiger partial charge >= 0.3 is 0 Å². The number of rotatable bonds is 2. The summed E-state index contributed by atoms with van der Waals surface area (Å²) in [4.78, 5) is 11.2. The van der Waals surface area contributed by atoms with E-state index in [9.17, 15) is 9.90 Å². The van der Waals surface area contributed by atoms with E-state index in [0.717, 1.165) is 0 Å². The maximum Gasteiger partial charge on any atom is 0.210 e. The van der Waals surface area contributed by atoms with Gasteiger partial charge in [-0.3, -0.25) is 4.79 Å². The molecule has 0 radical (unpaired) electrons. The molecule has 0 saturated heterocycles. The Balaban J connectivity index is 0.00000169. The number of halogens is 1. The van der Waals surface area contributed by atoms with Crippen molar-refractivity contribution in [3.63, 3.8) is 0 Å². The van der Waals surface area contributed by atoms with E-state index in [1.807, 2.05) is 0 Å². The molecule has 2 atom stereocenters. The number of aliphatic hydroxyl groups is 3. The molecular weight excluding hydrogens is 210 g/mol. The van der Waals surface area contributed by atoms with E-state index in [2.05, 4.69) is 0 Å². The summed E-state index contributed by atoms with van der Waals surface area (Å²) in [6.45, 7) is -0.0746. The number of Topliss-reactive ketones (excluding diaryl/α,β-unsaturated/α-hetero) is 1. The number of nitrogens with two attached hydrogens (primary N) is 1. The average molecular weight is 222 g/mol. The van der Waals surface area contributed by atoms with Gasteiger partial charge in [0, 0.05) is 6.54 Å². The zero-order chi connectivity index (χ0) is 10.0. The van der Waals surface area contributed by atoms with Crippen LogP contribution < -0.4 is 5.73 Å². The second-order valence-electron chi connectivity index (χ2n) is 2.79. The molecule has 0 fully saturated rings. The summed E-state index contributed by atoms with van der Waals surface area (Å²) in [5.74, 6) is -2.77. The van der Waals surface area contributed by atoms with Gasteiger partial charge in [0.25, 0.3) is 0 Å². The third-order valence-corrected chi connectivity index (χ3v) is 1.90. The molecule has 6 heteroatoms. The highest BCUT2D eigenvalue weighted by molar-refractivity contribution is 5.98.